The van der Waals surface area contributed by atoms with E-state index in [9.17, 15) is 9.59 Å². The summed E-state index contributed by atoms with van der Waals surface area (Å²) in [6, 6.07) is -0.525. The van der Waals surface area contributed by atoms with Gasteiger partial charge in [-0.1, -0.05) is 27.2 Å². The number of nitrogens with two attached hydrogens (primary N) is 2. The van der Waals surface area contributed by atoms with Gasteiger partial charge in [0.15, 0.2) is 0 Å². The Morgan fingerprint density at radius 3 is 2.25 bits per heavy atom. The van der Waals surface area contributed by atoms with Gasteiger partial charge in [-0.25, -0.2) is 0 Å². The monoisotopic (exact) mass is 229 g/mol. The Bertz CT molecular complexity index is 241. The lowest BCUT2D eigenvalue weighted by Gasteiger charge is -2.26. The van der Waals surface area contributed by atoms with Crippen molar-refractivity contribution in [3.63, 3.8) is 0 Å². The highest BCUT2D eigenvalue weighted by Crippen LogP contribution is 2.04. The molecule has 0 aromatic heterocycles. The van der Waals surface area contributed by atoms with Gasteiger partial charge in [0.2, 0.25) is 11.8 Å². The quantitative estimate of drug-likeness (QED) is 0.648. The second-order valence-electron chi connectivity index (χ2n) is 4.47. The van der Waals surface area contributed by atoms with Crippen LogP contribution in [-0.4, -0.2) is 35.8 Å². The number of amides is 2. The summed E-state index contributed by atoms with van der Waals surface area (Å²) in [5.41, 5.74) is 10.8. The van der Waals surface area contributed by atoms with Crippen LogP contribution in [0.1, 0.15) is 33.6 Å². The normalized spacial score (nSPS) is 12.6. The Kier molecular flexibility index (Phi) is 6.72. The van der Waals surface area contributed by atoms with Gasteiger partial charge in [-0.15, -0.1) is 0 Å². The molecule has 0 rings (SSSR count). The summed E-state index contributed by atoms with van der Waals surface area (Å²) in [5.74, 6) is -0.399. The third-order valence-electron chi connectivity index (χ3n) is 2.16. The number of rotatable bonds is 7. The molecular formula is C11H23N3O2. The third kappa shape index (κ3) is 5.70. The molecule has 1 unspecified atom stereocenters. The summed E-state index contributed by atoms with van der Waals surface area (Å²) in [5, 5.41) is 0. The van der Waals surface area contributed by atoms with Crippen molar-refractivity contribution in [3.05, 3.63) is 0 Å². The molecule has 0 saturated carbocycles. The minimum absolute atomic E-state index is 0.0472. The van der Waals surface area contributed by atoms with Gasteiger partial charge in [-0.05, 0) is 12.3 Å². The number of nitrogens with zero attached hydrogens (tertiary/aromatic N) is 1. The zero-order valence-corrected chi connectivity index (χ0v) is 10.4. The number of carbonyl (C=O) groups excluding carboxylic acids is 2. The van der Waals surface area contributed by atoms with Gasteiger partial charge in [0.25, 0.3) is 0 Å². The average Bonchev–Trinajstić information content (AvgIpc) is 2.14. The van der Waals surface area contributed by atoms with Crippen LogP contribution in [0.2, 0.25) is 0 Å². The van der Waals surface area contributed by atoms with Crippen molar-refractivity contribution >= 4 is 11.8 Å². The Hall–Kier alpha value is -1.10. The molecule has 0 aliphatic heterocycles. The van der Waals surface area contributed by atoms with Crippen LogP contribution < -0.4 is 11.5 Å². The van der Waals surface area contributed by atoms with Gasteiger partial charge in [0, 0.05) is 6.54 Å². The molecule has 2 amide bonds. The van der Waals surface area contributed by atoms with E-state index in [4.69, 9.17) is 11.5 Å². The number of primary amides is 1. The Balaban J connectivity index is 4.48. The maximum Gasteiger partial charge on any atom is 0.239 e. The molecule has 1 atom stereocenters. The first-order valence-corrected chi connectivity index (χ1v) is 5.71. The van der Waals surface area contributed by atoms with Gasteiger partial charge in [0.1, 0.15) is 0 Å². The first-order valence-electron chi connectivity index (χ1n) is 5.71. The van der Waals surface area contributed by atoms with E-state index in [0.29, 0.717) is 13.0 Å². The molecule has 5 heteroatoms. The highest BCUT2D eigenvalue weighted by atomic mass is 16.2. The van der Waals surface area contributed by atoms with E-state index >= 15 is 0 Å². The van der Waals surface area contributed by atoms with E-state index in [-0.39, 0.29) is 18.4 Å². The fourth-order valence-corrected chi connectivity index (χ4v) is 1.53. The molecule has 16 heavy (non-hydrogen) atoms. The van der Waals surface area contributed by atoms with Crippen LogP contribution in [-0.2, 0) is 9.59 Å². The summed E-state index contributed by atoms with van der Waals surface area (Å²) in [4.78, 5) is 24.2. The lowest BCUT2D eigenvalue weighted by atomic mass is 10.1. The number of hydrogen-bond acceptors (Lipinski definition) is 3. The van der Waals surface area contributed by atoms with Crippen LogP contribution in [0.25, 0.3) is 0 Å². The number of carbonyl (C=O) groups is 2. The lowest BCUT2D eigenvalue weighted by Crippen LogP contribution is -2.48. The van der Waals surface area contributed by atoms with Crippen molar-refractivity contribution in [2.75, 3.05) is 13.1 Å². The van der Waals surface area contributed by atoms with Crippen molar-refractivity contribution in [2.24, 2.45) is 17.4 Å². The molecule has 0 bridgehead atoms. The van der Waals surface area contributed by atoms with E-state index in [1.165, 1.54) is 4.90 Å². The molecule has 0 spiro atoms. The highest BCUT2D eigenvalue weighted by Gasteiger charge is 2.22. The van der Waals surface area contributed by atoms with Crippen molar-refractivity contribution in [3.8, 4) is 0 Å². The van der Waals surface area contributed by atoms with E-state index in [0.717, 1.165) is 6.42 Å². The molecule has 0 saturated heterocycles. The predicted octanol–water partition coefficient (Wildman–Crippen LogP) is 0.0837. The second-order valence-corrected chi connectivity index (χ2v) is 4.47. The Morgan fingerprint density at radius 2 is 1.88 bits per heavy atom. The first-order chi connectivity index (χ1) is 7.38. The lowest BCUT2D eigenvalue weighted by molar-refractivity contribution is -0.136. The summed E-state index contributed by atoms with van der Waals surface area (Å²) in [7, 11) is 0. The highest BCUT2D eigenvalue weighted by molar-refractivity contribution is 5.86. The van der Waals surface area contributed by atoms with Gasteiger partial charge >= 0.3 is 0 Å². The molecule has 5 nitrogen and oxygen atoms in total. The van der Waals surface area contributed by atoms with Crippen molar-refractivity contribution in [2.45, 2.75) is 39.7 Å². The zero-order chi connectivity index (χ0) is 12.7. The molecule has 94 valence electrons. The fraction of sp³-hybridized carbons (Fsp3) is 0.818. The fourth-order valence-electron chi connectivity index (χ4n) is 1.53. The topological polar surface area (TPSA) is 89.4 Å². The van der Waals surface area contributed by atoms with Crippen LogP contribution in [0.15, 0.2) is 0 Å². The molecule has 0 heterocycles. The van der Waals surface area contributed by atoms with E-state index in [1.807, 2.05) is 20.8 Å². The second kappa shape index (κ2) is 7.22. The largest absolute Gasteiger partial charge is 0.368 e. The first kappa shape index (κ1) is 14.9. The maximum atomic E-state index is 11.9. The smallest absolute Gasteiger partial charge is 0.239 e. The summed E-state index contributed by atoms with van der Waals surface area (Å²) in [6.45, 7) is 6.39. The maximum absolute atomic E-state index is 11.9. The molecule has 0 fully saturated rings. The molecular weight excluding hydrogens is 206 g/mol. The molecule has 0 aliphatic rings. The van der Waals surface area contributed by atoms with Crippen LogP contribution in [0, 0.1) is 5.92 Å². The minimum Gasteiger partial charge on any atom is -0.368 e. The van der Waals surface area contributed by atoms with Crippen LogP contribution in [0.3, 0.4) is 0 Å². The Labute approximate surface area is 97.2 Å². The molecule has 0 aromatic rings. The van der Waals surface area contributed by atoms with Crippen molar-refractivity contribution in [1.82, 2.24) is 4.90 Å². The summed E-state index contributed by atoms with van der Waals surface area (Å²) >= 11 is 0. The zero-order valence-electron chi connectivity index (χ0n) is 10.4. The van der Waals surface area contributed by atoms with Crippen LogP contribution in [0.5, 0.6) is 0 Å². The SMILES string of the molecule is CCCC(N)C(=O)N(CC(N)=O)CC(C)C. The number of hydrogen-bond donors (Lipinski definition) is 2. The van der Waals surface area contributed by atoms with Crippen molar-refractivity contribution < 1.29 is 9.59 Å². The molecule has 0 aromatic carbocycles. The van der Waals surface area contributed by atoms with E-state index < -0.39 is 11.9 Å². The molecule has 0 radical (unpaired) electrons. The van der Waals surface area contributed by atoms with Crippen LogP contribution >= 0.6 is 0 Å². The summed E-state index contributed by atoms with van der Waals surface area (Å²) in [6.07, 6.45) is 1.48. The van der Waals surface area contributed by atoms with Gasteiger partial charge in [-0.2, -0.15) is 0 Å². The third-order valence-corrected chi connectivity index (χ3v) is 2.16. The average molecular weight is 229 g/mol. The van der Waals surface area contributed by atoms with Crippen LogP contribution in [0.4, 0.5) is 0 Å². The Morgan fingerprint density at radius 1 is 1.31 bits per heavy atom. The van der Waals surface area contributed by atoms with Crippen molar-refractivity contribution in [1.29, 1.82) is 0 Å². The predicted molar refractivity (Wildman–Crippen MR) is 63.5 cm³/mol. The minimum atomic E-state index is -0.525. The van der Waals surface area contributed by atoms with E-state index in [2.05, 4.69) is 0 Å². The van der Waals surface area contributed by atoms with E-state index in [1.54, 1.807) is 0 Å². The standard InChI is InChI=1S/C11H23N3O2/c1-4-5-9(12)11(16)14(6-8(2)3)7-10(13)15/h8-9H,4-7,12H2,1-3H3,(H2,13,15). The van der Waals surface area contributed by atoms with Gasteiger partial charge in [0.05, 0.1) is 12.6 Å². The van der Waals surface area contributed by atoms with Gasteiger partial charge in [-0.3, -0.25) is 9.59 Å². The van der Waals surface area contributed by atoms with Gasteiger partial charge < -0.3 is 16.4 Å². The summed E-state index contributed by atoms with van der Waals surface area (Å²) < 4.78 is 0. The molecule has 0 aliphatic carbocycles. The molecule has 4 N–H and O–H groups in total.